The number of nitrogens with zero attached hydrogens (tertiary/aromatic N) is 2. The first-order valence-electron chi connectivity index (χ1n) is 5.28. The number of aromatic nitrogens is 2. The van der Waals surface area contributed by atoms with E-state index in [1.54, 1.807) is 26.2 Å². The molecule has 1 aromatic rings. The maximum atomic E-state index is 10.9. The van der Waals surface area contributed by atoms with E-state index in [-0.39, 0.29) is 0 Å². The highest BCUT2D eigenvalue weighted by atomic mass is 16.4. The van der Waals surface area contributed by atoms with Crippen LogP contribution in [0.2, 0.25) is 0 Å². The van der Waals surface area contributed by atoms with Crippen molar-refractivity contribution >= 4 is 11.9 Å². The van der Waals surface area contributed by atoms with Crippen molar-refractivity contribution in [3.8, 4) is 0 Å². The Bertz CT molecular complexity index is 360. The van der Waals surface area contributed by atoms with Gasteiger partial charge in [0.05, 0.1) is 0 Å². The lowest BCUT2D eigenvalue weighted by Gasteiger charge is -2.20. The summed E-state index contributed by atoms with van der Waals surface area (Å²) in [5, 5.41) is 11.7. The number of hydrogen-bond donors (Lipinski definition) is 2. The van der Waals surface area contributed by atoms with Crippen LogP contribution in [0.15, 0.2) is 12.4 Å². The van der Waals surface area contributed by atoms with E-state index in [4.69, 9.17) is 5.11 Å². The van der Waals surface area contributed by atoms with Crippen molar-refractivity contribution in [2.45, 2.75) is 39.2 Å². The molecule has 0 fully saturated rings. The minimum atomic E-state index is -1.06. The van der Waals surface area contributed by atoms with Gasteiger partial charge in [-0.05, 0) is 25.8 Å². The molecule has 0 atom stereocenters. The summed E-state index contributed by atoms with van der Waals surface area (Å²) in [6.45, 7) is 5.22. The summed E-state index contributed by atoms with van der Waals surface area (Å²) in [5.74, 6) is -0.596. The Hall–Kier alpha value is -1.65. The van der Waals surface area contributed by atoms with E-state index in [0.717, 1.165) is 18.4 Å². The van der Waals surface area contributed by atoms with Crippen LogP contribution in [0, 0.1) is 0 Å². The van der Waals surface area contributed by atoms with Gasteiger partial charge in [-0.1, -0.05) is 13.3 Å². The Morgan fingerprint density at radius 2 is 2.00 bits per heavy atom. The number of nitrogens with one attached hydrogen (secondary N) is 1. The minimum Gasteiger partial charge on any atom is -0.480 e. The van der Waals surface area contributed by atoms with Gasteiger partial charge in [-0.2, -0.15) is 0 Å². The van der Waals surface area contributed by atoms with Gasteiger partial charge in [-0.3, -0.25) is 0 Å². The van der Waals surface area contributed by atoms with E-state index in [2.05, 4.69) is 22.2 Å². The van der Waals surface area contributed by atoms with Crippen molar-refractivity contribution in [3.63, 3.8) is 0 Å². The van der Waals surface area contributed by atoms with Crippen molar-refractivity contribution in [2.24, 2.45) is 0 Å². The Morgan fingerprint density at radius 1 is 1.44 bits per heavy atom. The molecule has 1 rings (SSSR count). The molecule has 16 heavy (non-hydrogen) atoms. The Morgan fingerprint density at radius 3 is 2.44 bits per heavy atom. The van der Waals surface area contributed by atoms with Crippen LogP contribution in [0.25, 0.3) is 0 Å². The molecule has 0 amide bonds. The van der Waals surface area contributed by atoms with Crippen molar-refractivity contribution in [2.75, 3.05) is 5.32 Å². The zero-order valence-electron chi connectivity index (χ0n) is 9.82. The zero-order chi connectivity index (χ0) is 12.2. The molecule has 0 aliphatic rings. The minimum absolute atomic E-state index is 0.340. The van der Waals surface area contributed by atoms with Gasteiger partial charge in [0.25, 0.3) is 0 Å². The number of anilines is 1. The van der Waals surface area contributed by atoms with Crippen LogP contribution < -0.4 is 5.32 Å². The summed E-state index contributed by atoms with van der Waals surface area (Å²) in [7, 11) is 0. The van der Waals surface area contributed by atoms with Crippen molar-refractivity contribution < 1.29 is 9.90 Å². The normalized spacial score (nSPS) is 11.2. The predicted molar refractivity (Wildman–Crippen MR) is 61.4 cm³/mol. The zero-order valence-corrected chi connectivity index (χ0v) is 9.82. The average molecular weight is 223 g/mol. The lowest BCUT2D eigenvalue weighted by molar-refractivity contribution is -0.141. The van der Waals surface area contributed by atoms with Crippen LogP contribution in [0.3, 0.4) is 0 Å². The summed E-state index contributed by atoms with van der Waals surface area (Å²) < 4.78 is 0. The number of carboxylic acids is 1. The van der Waals surface area contributed by atoms with Crippen molar-refractivity contribution in [1.29, 1.82) is 0 Å². The standard InChI is InChI=1S/C11H17N3O2/c1-4-5-8-6-12-10(13-7-8)14-11(2,3)9(15)16/h6-7H,4-5H2,1-3H3,(H,15,16)(H,12,13,14). The van der Waals surface area contributed by atoms with E-state index in [1.165, 1.54) is 0 Å². The summed E-state index contributed by atoms with van der Waals surface area (Å²) in [4.78, 5) is 19.0. The molecule has 2 N–H and O–H groups in total. The highest BCUT2D eigenvalue weighted by molar-refractivity contribution is 5.80. The van der Waals surface area contributed by atoms with Gasteiger partial charge in [-0.25, -0.2) is 14.8 Å². The first-order valence-corrected chi connectivity index (χ1v) is 5.28. The first-order chi connectivity index (χ1) is 7.45. The average Bonchev–Trinajstić information content (AvgIpc) is 2.21. The molecule has 0 unspecified atom stereocenters. The Balaban J connectivity index is 2.72. The second-order valence-electron chi connectivity index (χ2n) is 4.22. The quantitative estimate of drug-likeness (QED) is 0.794. The monoisotopic (exact) mass is 223 g/mol. The van der Waals surface area contributed by atoms with Crippen LogP contribution in [0.1, 0.15) is 32.8 Å². The maximum absolute atomic E-state index is 10.9. The van der Waals surface area contributed by atoms with Gasteiger partial charge in [0, 0.05) is 12.4 Å². The van der Waals surface area contributed by atoms with Crippen LogP contribution in [0.4, 0.5) is 5.95 Å². The molecule has 0 bridgehead atoms. The number of aliphatic carboxylic acids is 1. The molecule has 5 heteroatoms. The third kappa shape index (κ3) is 3.18. The highest BCUT2D eigenvalue weighted by Crippen LogP contribution is 2.11. The molecule has 0 radical (unpaired) electrons. The second kappa shape index (κ2) is 4.92. The smallest absolute Gasteiger partial charge is 0.328 e. The van der Waals surface area contributed by atoms with E-state index in [9.17, 15) is 4.79 Å². The molecule has 0 aliphatic carbocycles. The number of hydrogen-bond acceptors (Lipinski definition) is 4. The molecule has 0 saturated heterocycles. The topological polar surface area (TPSA) is 75.1 Å². The maximum Gasteiger partial charge on any atom is 0.328 e. The molecule has 88 valence electrons. The van der Waals surface area contributed by atoms with E-state index in [1.807, 2.05) is 0 Å². The molecule has 1 aromatic heterocycles. The number of carbonyl (C=O) groups is 1. The first kappa shape index (κ1) is 12.4. The van der Waals surface area contributed by atoms with Crippen molar-refractivity contribution in [3.05, 3.63) is 18.0 Å². The van der Waals surface area contributed by atoms with Gasteiger partial charge in [0.15, 0.2) is 0 Å². The number of rotatable bonds is 5. The van der Waals surface area contributed by atoms with Gasteiger partial charge >= 0.3 is 5.97 Å². The van der Waals surface area contributed by atoms with Crippen LogP contribution in [0.5, 0.6) is 0 Å². The van der Waals surface area contributed by atoms with E-state index in [0.29, 0.717) is 5.95 Å². The molecule has 0 aliphatic heterocycles. The van der Waals surface area contributed by atoms with Gasteiger partial charge in [0.1, 0.15) is 5.54 Å². The fourth-order valence-electron chi connectivity index (χ4n) is 1.17. The van der Waals surface area contributed by atoms with Crippen LogP contribution in [-0.2, 0) is 11.2 Å². The van der Waals surface area contributed by atoms with E-state index < -0.39 is 11.5 Å². The molecule has 0 aromatic carbocycles. The molecular formula is C11H17N3O2. The molecule has 0 spiro atoms. The predicted octanol–water partition coefficient (Wildman–Crippen LogP) is 1.70. The summed E-state index contributed by atoms with van der Waals surface area (Å²) in [6, 6.07) is 0. The third-order valence-electron chi connectivity index (χ3n) is 2.20. The lowest BCUT2D eigenvalue weighted by atomic mass is 10.1. The highest BCUT2D eigenvalue weighted by Gasteiger charge is 2.27. The summed E-state index contributed by atoms with van der Waals surface area (Å²) in [6.07, 6.45) is 5.41. The lowest BCUT2D eigenvalue weighted by Crippen LogP contribution is -2.40. The fourth-order valence-corrected chi connectivity index (χ4v) is 1.17. The van der Waals surface area contributed by atoms with Crippen LogP contribution >= 0.6 is 0 Å². The Kier molecular flexibility index (Phi) is 3.82. The molecule has 1 heterocycles. The number of carboxylic acid groups (broad SMARTS) is 1. The molecule has 0 saturated carbocycles. The summed E-state index contributed by atoms with van der Waals surface area (Å²) >= 11 is 0. The van der Waals surface area contributed by atoms with Gasteiger partial charge in [-0.15, -0.1) is 0 Å². The largest absolute Gasteiger partial charge is 0.480 e. The molecule has 5 nitrogen and oxygen atoms in total. The third-order valence-corrected chi connectivity index (χ3v) is 2.20. The van der Waals surface area contributed by atoms with Gasteiger partial charge < -0.3 is 10.4 Å². The number of aryl methyl sites for hydroxylation is 1. The molecular weight excluding hydrogens is 206 g/mol. The second-order valence-corrected chi connectivity index (χ2v) is 4.22. The van der Waals surface area contributed by atoms with Gasteiger partial charge in [0.2, 0.25) is 5.95 Å². The van der Waals surface area contributed by atoms with Crippen molar-refractivity contribution in [1.82, 2.24) is 9.97 Å². The van der Waals surface area contributed by atoms with E-state index >= 15 is 0 Å². The fraction of sp³-hybridized carbons (Fsp3) is 0.545. The summed E-state index contributed by atoms with van der Waals surface area (Å²) in [5.41, 5.74) is -0.00657. The van der Waals surface area contributed by atoms with Crippen LogP contribution in [-0.4, -0.2) is 26.6 Å². The Labute approximate surface area is 94.9 Å². The SMILES string of the molecule is CCCc1cnc(NC(C)(C)C(=O)O)nc1.